The predicted molar refractivity (Wildman–Crippen MR) is 116 cm³/mol. The van der Waals surface area contributed by atoms with Crippen LogP contribution < -0.4 is 22.3 Å². The van der Waals surface area contributed by atoms with E-state index in [-0.39, 0.29) is 28.5 Å². The van der Waals surface area contributed by atoms with Crippen molar-refractivity contribution in [1.82, 2.24) is 19.5 Å². The van der Waals surface area contributed by atoms with Gasteiger partial charge in [0.25, 0.3) is 5.56 Å². The van der Waals surface area contributed by atoms with Crippen molar-refractivity contribution < 1.29 is 4.39 Å². The normalized spacial score (nSPS) is 14.2. The van der Waals surface area contributed by atoms with E-state index >= 15 is 0 Å². The van der Waals surface area contributed by atoms with Crippen molar-refractivity contribution in [3.8, 4) is 6.07 Å². The Balaban J connectivity index is 1.90. The van der Waals surface area contributed by atoms with E-state index in [1.807, 2.05) is 12.1 Å². The quantitative estimate of drug-likeness (QED) is 0.577. The number of hydrogen-bond donors (Lipinski definition) is 3. The van der Waals surface area contributed by atoms with Crippen molar-refractivity contribution in [2.45, 2.75) is 19.4 Å². The molecule has 0 radical (unpaired) electrons. The lowest BCUT2D eigenvalue weighted by atomic mass is 10.2. The highest BCUT2D eigenvalue weighted by atomic mass is 19.1. The number of dihydropyridines is 1. The molecule has 156 valence electrons. The van der Waals surface area contributed by atoms with Crippen LogP contribution in [0.2, 0.25) is 0 Å². The summed E-state index contributed by atoms with van der Waals surface area (Å²) < 4.78 is 15.2. The maximum absolute atomic E-state index is 13.8. The summed E-state index contributed by atoms with van der Waals surface area (Å²) in [5.41, 5.74) is 11.9. The van der Waals surface area contributed by atoms with Gasteiger partial charge in [-0.2, -0.15) is 15.2 Å². The molecule has 2 aromatic heterocycles. The van der Waals surface area contributed by atoms with Crippen molar-refractivity contribution in [1.29, 1.82) is 5.26 Å². The number of nitriles is 1. The molecule has 0 saturated carbocycles. The molecule has 1 unspecified atom stereocenters. The zero-order chi connectivity index (χ0) is 22.1. The van der Waals surface area contributed by atoms with Gasteiger partial charge >= 0.3 is 0 Å². The van der Waals surface area contributed by atoms with E-state index in [9.17, 15) is 14.4 Å². The Morgan fingerprint density at radius 1 is 1.29 bits per heavy atom. The van der Waals surface area contributed by atoms with Crippen molar-refractivity contribution in [2.24, 2.45) is 4.99 Å². The molecule has 0 spiro atoms. The first-order valence-corrected chi connectivity index (χ1v) is 9.41. The zero-order valence-corrected chi connectivity index (χ0v) is 16.5. The number of nitrogens with zero attached hydrogens (tertiary/aromatic N) is 6. The molecule has 31 heavy (non-hydrogen) atoms. The second kappa shape index (κ2) is 7.83. The Labute approximate surface area is 175 Å². The number of nitrogens with two attached hydrogens (primary N) is 2. The number of hydrogen-bond acceptors (Lipinski definition) is 9. The lowest BCUT2D eigenvalue weighted by molar-refractivity contribution is 0.629. The van der Waals surface area contributed by atoms with Gasteiger partial charge < -0.3 is 16.8 Å². The minimum Gasteiger partial charge on any atom is -0.382 e. The standard InChI is InChI=1S/C20H18FN9O/c1-10(26-17-14(8-22)16(23)28-20(24)29-17)18-27-15-5-4-11(21)7-13(15)19(31)30(18)12-3-2-6-25-9-12/h3-5,7,9-10H,2,6H2,1H3,(H5,23,24,26,28,29). The maximum Gasteiger partial charge on any atom is 0.266 e. The van der Waals surface area contributed by atoms with Crippen LogP contribution in [-0.4, -0.2) is 32.3 Å². The van der Waals surface area contributed by atoms with Crippen molar-refractivity contribution in [3.63, 3.8) is 0 Å². The molecule has 0 fully saturated rings. The van der Waals surface area contributed by atoms with Crippen LogP contribution in [0.25, 0.3) is 16.6 Å². The van der Waals surface area contributed by atoms with Crippen LogP contribution in [0, 0.1) is 17.1 Å². The first kappa shape index (κ1) is 20.0. The van der Waals surface area contributed by atoms with Gasteiger partial charge in [0.15, 0.2) is 5.82 Å². The molecule has 4 rings (SSSR count). The third-order valence-corrected chi connectivity index (χ3v) is 4.76. The summed E-state index contributed by atoms with van der Waals surface area (Å²) in [6.07, 6.45) is 4.09. The van der Waals surface area contributed by atoms with Crippen LogP contribution in [0.15, 0.2) is 34.1 Å². The lowest BCUT2D eigenvalue weighted by Crippen LogP contribution is -2.29. The molecule has 1 aromatic carbocycles. The Kier molecular flexibility index (Phi) is 5.04. The average Bonchev–Trinajstić information content (AvgIpc) is 2.74. The number of halogens is 1. The van der Waals surface area contributed by atoms with Crippen molar-refractivity contribution in [3.05, 3.63) is 51.8 Å². The maximum atomic E-state index is 13.8. The molecule has 0 amide bonds. The Hall–Kier alpha value is -4.33. The average molecular weight is 419 g/mol. The van der Waals surface area contributed by atoms with Gasteiger partial charge in [0, 0.05) is 12.8 Å². The van der Waals surface area contributed by atoms with Gasteiger partial charge in [-0.3, -0.25) is 14.4 Å². The summed E-state index contributed by atoms with van der Waals surface area (Å²) >= 11 is 0. The van der Waals surface area contributed by atoms with Gasteiger partial charge in [-0.25, -0.2) is 9.37 Å². The number of allylic oxidation sites excluding steroid dienone is 1. The van der Waals surface area contributed by atoms with Crippen LogP contribution >= 0.6 is 0 Å². The van der Waals surface area contributed by atoms with E-state index in [0.717, 1.165) is 6.07 Å². The largest absolute Gasteiger partial charge is 0.382 e. The minimum atomic E-state index is -0.612. The van der Waals surface area contributed by atoms with E-state index in [2.05, 4.69) is 25.3 Å². The summed E-state index contributed by atoms with van der Waals surface area (Å²) in [5, 5.41) is 12.6. The number of nitrogen functional groups attached to an aromatic ring is 2. The van der Waals surface area contributed by atoms with Crippen molar-refractivity contribution in [2.75, 3.05) is 23.3 Å². The van der Waals surface area contributed by atoms with Crippen LogP contribution in [0.3, 0.4) is 0 Å². The summed E-state index contributed by atoms with van der Waals surface area (Å²) in [5.74, 6) is -0.262. The van der Waals surface area contributed by atoms with Gasteiger partial charge in [-0.15, -0.1) is 0 Å². The van der Waals surface area contributed by atoms with Gasteiger partial charge in [0.05, 0.1) is 22.6 Å². The lowest BCUT2D eigenvalue weighted by Gasteiger charge is -2.21. The van der Waals surface area contributed by atoms with E-state index < -0.39 is 17.4 Å². The van der Waals surface area contributed by atoms with E-state index in [0.29, 0.717) is 30.0 Å². The second-order valence-electron chi connectivity index (χ2n) is 6.89. The number of aliphatic imine (C=N–C) groups is 1. The number of anilines is 3. The topological polar surface area (TPSA) is 161 Å². The summed E-state index contributed by atoms with van der Waals surface area (Å²) in [4.78, 5) is 30.0. The molecule has 3 aromatic rings. The van der Waals surface area contributed by atoms with Gasteiger partial charge in [0.1, 0.15) is 29.1 Å². The smallest absolute Gasteiger partial charge is 0.266 e. The van der Waals surface area contributed by atoms with Crippen LogP contribution in [0.5, 0.6) is 0 Å². The fourth-order valence-electron chi connectivity index (χ4n) is 3.34. The van der Waals surface area contributed by atoms with Crippen LogP contribution in [0.4, 0.5) is 22.0 Å². The van der Waals surface area contributed by atoms with Gasteiger partial charge in [0.2, 0.25) is 5.95 Å². The summed E-state index contributed by atoms with van der Waals surface area (Å²) in [6, 6.07) is 5.17. The highest BCUT2D eigenvalue weighted by Crippen LogP contribution is 2.25. The first-order chi connectivity index (χ1) is 14.9. The third-order valence-electron chi connectivity index (χ3n) is 4.76. The number of rotatable bonds is 4. The molecule has 10 nitrogen and oxygen atoms in total. The number of benzene rings is 1. The van der Waals surface area contributed by atoms with E-state index in [1.165, 1.54) is 16.7 Å². The first-order valence-electron chi connectivity index (χ1n) is 9.41. The Bertz CT molecular complexity index is 1350. The third kappa shape index (κ3) is 3.66. The Morgan fingerprint density at radius 2 is 2.10 bits per heavy atom. The van der Waals surface area contributed by atoms with Crippen LogP contribution in [0.1, 0.15) is 30.8 Å². The molecule has 1 aliphatic heterocycles. The fraction of sp³-hybridized carbons (Fsp3) is 0.200. The van der Waals surface area contributed by atoms with E-state index in [4.69, 9.17) is 11.5 Å². The van der Waals surface area contributed by atoms with Crippen LogP contribution in [-0.2, 0) is 0 Å². The predicted octanol–water partition coefficient (Wildman–Crippen LogP) is 1.85. The Morgan fingerprint density at radius 3 is 2.81 bits per heavy atom. The number of fused-ring (bicyclic) bond motifs is 1. The van der Waals surface area contributed by atoms with E-state index in [1.54, 1.807) is 13.1 Å². The van der Waals surface area contributed by atoms with Crippen molar-refractivity contribution >= 4 is 40.4 Å². The second-order valence-corrected chi connectivity index (χ2v) is 6.89. The molecule has 0 saturated heterocycles. The highest BCUT2D eigenvalue weighted by molar-refractivity contribution is 6.03. The fourth-order valence-corrected chi connectivity index (χ4v) is 3.34. The monoisotopic (exact) mass is 419 g/mol. The van der Waals surface area contributed by atoms with Gasteiger partial charge in [-0.05, 0) is 31.5 Å². The molecule has 11 heteroatoms. The molecule has 0 bridgehead atoms. The molecular weight excluding hydrogens is 401 g/mol. The SMILES string of the molecule is CC(Nc1nc(N)nc(N)c1C#N)c1nc2ccc(F)cc2c(=O)n1C1=CCCN=C1. The highest BCUT2D eigenvalue weighted by Gasteiger charge is 2.22. The molecule has 1 atom stereocenters. The minimum absolute atomic E-state index is 0.0243. The summed E-state index contributed by atoms with van der Waals surface area (Å²) in [7, 11) is 0. The zero-order valence-electron chi connectivity index (χ0n) is 16.5. The molecule has 5 N–H and O–H groups in total. The number of aromatic nitrogens is 4. The molecule has 1 aliphatic rings. The molecular formula is C20H18FN9O. The van der Waals surface area contributed by atoms with Gasteiger partial charge in [-0.1, -0.05) is 6.08 Å². The molecule has 3 heterocycles. The summed E-state index contributed by atoms with van der Waals surface area (Å²) in [6.45, 7) is 2.35. The molecule has 0 aliphatic carbocycles. The number of nitrogens with one attached hydrogen (secondary N) is 1.